The maximum atomic E-state index is 12.8. The Kier molecular flexibility index (Phi) is 5.02. The summed E-state index contributed by atoms with van der Waals surface area (Å²) in [5.41, 5.74) is 5.74. The number of hydrogen-bond acceptors (Lipinski definition) is 6. The lowest BCUT2D eigenvalue weighted by atomic mass is 10.3. The molecule has 0 radical (unpaired) electrons. The van der Waals surface area contributed by atoms with Crippen molar-refractivity contribution < 1.29 is 18.6 Å². The average Bonchev–Trinajstić information content (AvgIpc) is 2.36. The lowest BCUT2D eigenvalue weighted by Crippen LogP contribution is -2.31. The molecule has 8 heteroatoms. The number of nitrogens with one attached hydrogen (secondary N) is 1. The molecular formula is C10H16F2N4O2. The van der Waals surface area contributed by atoms with Gasteiger partial charge >= 0.3 is 0 Å². The molecule has 1 aromatic heterocycles. The fourth-order valence-electron chi connectivity index (χ4n) is 1.10. The molecular weight excluding hydrogens is 246 g/mol. The first-order chi connectivity index (χ1) is 8.50. The number of aromatic nitrogens is 2. The lowest BCUT2D eigenvalue weighted by molar-refractivity contribution is -0.0373. The van der Waals surface area contributed by atoms with Gasteiger partial charge in [-0.15, -0.1) is 0 Å². The van der Waals surface area contributed by atoms with Crippen molar-refractivity contribution in [2.24, 2.45) is 0 Å². The van der Waals surface area contributed by atoms with Crippen molar-refractivity contribution in [1.29, 1.82) is 0 Å². The van der Waals surface area contributed by atoms with E-state index >= 15 is 0 Å². The highest BCUT2D eigenvalue weighted by Crippen LogP contribution is 2.25. The van der Waals surface area contributed by atoms with Gasteiger partial charge in [-0.3, -0.25) is 0 Å². The van der Waals surface area contributed by atoms with Crippen LogP contribution >= 0.6 is 0 Å². The first kappa shape index (κ1) is 14.4. The number of aliphatic hydroxyl groups is 1. The Morgan fingerprint density at radius 1 is 1.50 bits per heavy atom. The fourth-order valence-corrected chi connectivity index (χ4v) is 1.10. The molecule has 0 aromatic carbocycles. The average molecular weight is 262 g/mol. The molecule has 0 aliphatic rings. The van der Waals surface area contributed by atoms with E-state index in [0.29, 0.717) is 6.61 Å². The lowest BCUT2D eigenvalue weighted by Gasteiger charge is -2.16. The number of nitrogens with zero attached hydrogens (tertiary/aromatic N) is 2. The topological polar surface area (TPSA) is 93.3 Å². The molecule has 0 bridgehead atoms. The van der Waals surface area contributed by atoms with Crippen molar-refractivity contribution in [3.63, 3.8) is 0 Å². The Morgan fingerprint density at radius 3 is 2.83 bits per heavy atom. The van der Waals surface area contributed by atoms with Gasteiger partial charge in [0.2, 0.25) is 5.88 Å². The minimum Gasteiger partial charge on any atom is -0.476 e. The number of alkyl halides is 2. The molecule has 6 nitrogen and oxygen atoms in total. The number of halogens is 2. The predicted molar refractivity (Wildman–Crippen MR) is 62.8 cm³/mol. The van der Waals surface area contributed by atoms with E-state index in [-0.39, 0.29) is 17.4 Å². The summed E-state index contributed by atoms with van der Waals surface area (Å²) in [4.78, 5) is 7.55. The standard InChI is InChI=1S/C10H16F2N4O2/c1-2-3-18-9-7(13)8(15-6-16-9)14-4-10(11,12)5-17/h6,17H,2-5,13H2,1H3,(H,14,15,16). The molecule has 1 aromatic rings. The van der Waals surface area contributed by atoms with Gasteiger partial charge in [-0.2, -0.15) is 4.98 Å². The molecule has 0 aliphatic carbocycles. The highest BCUT2D eigenvalue weighted by atomic mass is 19.3. The molecule has 4 N–H and O–H groups in total. The number of anilines is 2. The maximum absolute atomic E-state index is 12.8. The highest BCUT2D eigenvalue weighted by Gasteiger charge is 2.28. The summed E-state index contributed by atoms with van der Waals surface area (Å²) in [6, 6.07) is 0. The zero-order chi connectivity index (χ0) is 13.6. The summed E-state index contributed by atoms with van der Waals surface area (Å²) in [5, 5.41) is 10.8. The van der Waals surface area contributed by atoms with Crippen LogP contribution in [0.4, 0.5) is 20.3 Å². The van der Waals surface area contributed by atoms with Gasteiger partial charge in [0.1, 0.15) is 18.6 Å². The van der Waals surface area contributed by atoms with Crippen LogP contribution in [0, 0.1) is 0 Å². The second kappa shape index (κ2) is 6.29. The van der Waals surface area contributed by atoms with Crippen LogP contribution in [0.2, 0.25) is 0 Å². The fraction of sp³-hybridized carbons (Fsp3) is 0.600. The molecule has 0 saturated carbocycles. The number of hydrogen-bond donors (Lipinski definition) is 3. The van der Waals surface area contributed by atoms with E-state index in [1.165, 1.54) is 6.33 Å². The summed E-state index contributed by atoms with van der Waals surface area (Å²) < 4.78 is 30.9. The number of rotatable bonds is 7. The predicted octanol–water partition coefficient (Wildman–Crippen LogP) is 0.887. The van der Waals surface area contributed by atoms with Crippen LogP contribution in [-0.4, -0.2) is 40.8 Å². The largest absolute Gasteiger partial charge is 0.476 e. The van der Waals surface area contributed by atoms with E-state index in [4.69, 9.17) is 15.6 Å². The number of nitrogen functional groups attached to an aromatic ring is 1. The van der Waals surface area contributed by atoms with Gasteiger partial charge in [0.25, 0.3) is 5.92 Å². The first-order valence-corrected chi connectivity index (χ1v) is 5.46. The van der Waals surface area contributed by atoms with Crippen LogP contribution in [0.3, 0.4) is 0 Å². The van der Waals surface area contributed by atoms with Crippen molar-refractivity contribution in [3.8, 4) is 5.88 Å². The van der Waals surface area contributed by atoms with Crippen LogP contribution in [-0.2, 0) is 0 Å². The maximum Gasteiger partial charge on any atom is 0.287 e. The molecule has 0 fully saturated rings. The van der Waals surface area contributed by atoms with E-state index < -0.39 is 19.1 Å². The van der Waals surface area contributed by atoms with Gasteiger partial charge in [0.15, 0.2) is 5.82 Å². The van der Waals surface area contributed by atoms with Crippen molar-refractivity contribution in [2.75, 3.05) is 30.8 Å². The van der Waals surface area contributed by atoms with Gasteiger partial charge < -0.3 is 20.9 Å². The quantitative estimate of drug-likeness (QED) is 0.675. The van der Waals surface area contributed by atoms with Crippen LogP contribution < -0.4 is 15.8 Å². The Labute approximate surface area is 103 Å². The minimum absolute atomic E-state index is 0.0595. The Hall–Kier alpha value is -1.70. The number of aliphatic hydroxyl groups excluding tert-OH is 1. The van der Waals surface area contributed by atoms with Gasteiger partial charge in [-0.25, -0.2) is 13.8 Å². The smallest absolute Gasteiger partial charge is 0.287 e. The molecule has 1 heterocycles. The monoisotopic (exact) mass is 262 g/mol. The summed E-state index contributed by atoms with van der Waals surface area (Å²) >= 11 is 0. The SMILES string of the molecule is CCCOc1ncnc(NCC(F)(F)CO)c1N. The number of ether oxygens (including phenoxy) is 1. The van der Waals surface area contributed by atoms with Crippen molar-refractivity contribution in [3.05, 3.63) is 6.33 Å². The molecule has 0 spiro atoms. The van der Waals surface area contributed by atoms with Gasteiger partial charge in [-0.05, 0) is 6.42 Å². The highest BCUT2D eigenvalue weighted by molar-refractivity contribution is 5.66. The molecule has 0 aliphatic heterocycles. The Morgan fingerprint density at radius 2 is 2.22 bits per heavy atom. The third-order valence-electron chi connectivity index (χ3n) is 2.04. The van der Waals surface area contributed by atoms with Crippen molar-refractivity contribution in [1.82, 2.24) is 9.97 Å². The molecule has 18 heavy (non-hydrogen) atoms. The summed E-state index contributed by atoms with van der Waals surface area (Å²) in [7, 11) is 0. The van der Waals surface area contributed by atoms with Gasteiger partial charge in [-0.1, -0.05) is 6.92 Å². The van der Waals surface area contributed by atoms with Crippen LogP contribution in [0.25, 0.3) is 0 Å². The normalized spacial score (nSPS) is 11.3. The van der Waals surface area contributed by atoms with E-state index in [1.807, 2.05) is 6.92 Å². The molecule has 0 atom stereocenters. The molecule has 1 rings (SSSR count). The van der Waals surface area contributed by atoms with E-state index in [0.717, 1.165) is 6.42 Å². The van der Waals surface area contributed by atoms with Crippen LogP contribution in [0.5, 0.6) is 5.88 Å². The third-order valence-corrected chi connectivity index (χ3v) is 2.04. The van der Waals surface area contributed by atoms with Gasteiger partial charge in [0, 0.05) is 0 Å². The van der Waals surface area contributed by atoms with E-state index in [1.54, 1.807) is 0 Å². The Bertz CT molecular complexity index is 390. The van der Waals surface area contributed by atoms with Crippen molar-refractivity contribution in [2.45, 2.75) is 19.3 Å². The van der Waals surface area contributed by atoms with Crippen LogP contribution in [0.1, 0.15) is 13.3 Å². The molecule has 0 saturated heterocycles. The minimum atomic E-state index is -3.23. The zero-order valence-electron chi connectivity index (χ0n) is 9.99. The van der Waals surface area contributed by atoms with Crippen molar-refractivity contribution >= 4 is 11.5 Å². The van der Waals surface area contributed by atoms with Gasteiger partial charge in [0.05, 0.1) is 13.2 Å². The Balaban J connectivity index is 2.71. The first-order valence-electron chi connectivity index (χ1n) is 5.46. The summed E-state index contributed by atoms with van der Waals surface area (Å²) in [6.45, 7) is 0.327. The molecule has 0 amide bonds. The zero-order valence-corrected chi connectivity index (χ0v) is 9.99. The van der Waals surface area contributed by atoms with Crippen LogP contribution in [0.15, 0.2) is 6.33 Å². The second-order valence-electron chi connectivity index (χ2n) is 3.66. The molecule has 0 unspecified atom stereocenters. The third kappa shape index (κ3) is 3.95. The summed E-state index contributed by atoms with van der Waals surface area (Å²) in [6.07, 6.45) is 1.94. The van der Waals surface area contributed by atoms with E-state index in [9.17, 15) is 8.78 Å². The summed E-state index contributed by atoms with van der Waals surface area (Å²) in [5.74, 6) is -3.02. The molecule has 102 valence electrons. The second-order valence-corrected chi connectivity index (χ2v) is 3.66. The number of nitrogens with two attached hydrogens (primary N) is 1. The van der Waals surface area contributed by atoms with E-state index in [2.05, 4.69) is 15.3 Å².